The Morgan fingerprint density at radius 2 is 2.00 bits per heavy atom. The number of nitrogens with one attached hydrogen (secondary N) is 2. The van der Waals surface area contributed by atoms with Crippen LogP contribution in [0.15, 0.2) is 36.4 Å². The Morgan fingerprint density at radius 3 is 2.69 bits per heavy atom. The molecule has 1 aromatic carbocycles. The predicted molar refractivity (Wildman–Crippen MR) is 103 cm³/mol. The summed E-state index contributed by atoms with van der Waals surface area (Å²) >= 11 is 0. The maximum Gasteiger partial charge on any atom is 0.207 e. The van der Waals surface area contributed by atoms with Crippen molar-refractivity contribution < 1.29 is 9.53 Å². The quantitative estimate of drug-likeness (QED) is 0.752. The number of hydrogen-bond acceptors (Lipinski definition) is 4. The van der Waals surface area contributed by atoms with Crippen LogP contribution in [-0.4, -0.2) is 37.6 Å². The molecule has 2 N–H and O–H groups in total. The molecule has 0 aliphatic carbocycles. The first-order valence-electron chi connectivity index (χ1n) is 9.28. The number of pyridine rings is 1. The molecular weight excluding hydrogens is 326 g/mol. The van der Waals surface area contributed by atoms with Crippen molar-refractivity contribution in [2.75, 3.05) is 26.2 Å². The molecule has 0 atom stereocenters. The Bertz CT molecular complexity index is 755. The van der Waals surface area contributed by atoms with E-state index in [0.717, 1.165) is 55.0 Å². The van der Waals surface area contributed by atoms with Gasteiger partial charge >= 0.3 is 0 Å². The second-order valence-corrected chi connectivity index (χ2v) is 6.79. The van der Waals surface area contributed by atoms with Gasteiger partial charge in [0, 0.05) is 23.2 Å². The summed E-state index contributed by atoms with van der Waals surface area (Å²) in [5.74, 6) is 0.855. The van der Waals surface area contributed by atoms with Crippen molar-refractivity contribution in [2.24, 2.45) is 0 Å². The van der Waals surface area contributed by atoms with Crippen LogP contribution in [0, 0.1) is 6.92 Å². The van der Waals surface area contributed by atoms with Crippen molar-refractivity contribution in [3.05, 3.63) is 47.7 Å². The van der Waals surface area contributed by atoms with Gasteiger partial charge in [-0.2, -0.15) is 0 Å². The van der Waals surface area contributed by atoms with E-state index in [2.05, 4.69) is 29.7 Å². The lowest BCUT2D eigenvalue weighted by Gasteiger charge is -2.38. The highest BCUT2D eigenvalue weighted by Crippen LogP contribution is 2.36. The van der Waals surface area contributed by atoms with Crippen LogP contribution in [0.2, 0.25) is 0 Å². The zero-order valence-corrected chi connectivity index (χ0v) is 15.5. The number of benzene rings is 1. The maximum absolute atomic E-state index is 10.9. The summed E-state index contributed by atoms with van der Waals surface area (Å²) in [4.78, 5) is 15.8. The summed E-state index contributed by atoms with van der Waals surface area (Å²) in [6.07, 6.45) is 2.77. The predicted octanol–water partition coefficient (Wildman–Crippen LogP) is 2.82. The van der Waals surface area contributed by atoms with Crippen molar-refractivity contribution in [3.63, 3.8) is 0 Å². The van der Waals surface area contributed by atoms with Gasteiger partial charge in [-0.25, -0.2) is 0 Å². The molecule has 1 aliphatic rings. The molecule has 1 fully saturated rings. The number of ether oxygens (including phenoxy) is 1. The van der Waals surface area contributed by atoms with Gasteiger partial charge in [0.15, 0.2) is 0 Å². The molecule has 0 radical (unpaired) electrons. The van der Waals surface area contributed by atoms with Crippen molar-refractivity contribution in [1.82, 2.24) is 15.6 Å². The summed E-state index contributed by atoms with van der Waals surface area (Å²) < 4.78 is 5.75. The third-order valence-corrected chi connectivity index (χ3v) is 5.20. The van der Waals surface area contributed by atoms with E-state index in [1.165, 1.54) is 5.56 Å². The molecule has 1 aliphatic heterocycles. The minimum absolute atomic E-state index is 0.0544. The lowest BCUT2D eigenvalue weighted by molar-refractivity contribution is -0.109. The average Bonchev–Trinajstić information content (AvgIpc) is 2.68. The molecule has 2 aromatic rings. The third-order valence-electron chi connectivity index (χ3n) is 5.20. The fourth-order valence-electron chi connectivity index (χ4n) is 3.91. The van der Waals surface area contributed by atoms with Crippen LogP contribution in [0.4, 0.5) is 0 Å². The number of carbonyl (C=O) groups is 1. The second-order valence-electron chi connectivity index (χ2n) is 6.79. The summed E-state index contributed by atoms with van der Waals surface area (Å²) in [5.41, 5.74) is 4.12. The lowest BCUT2D eigenvalue weighted by atomic mass is 9.72. The topological polar surface area (TPSA) is 63.2 Å². The van der Waals surface area contributed by atoms with Gasteiger partial charge in [0.1, 0.15) is 5.75 Å². The van der Waals surface area contributed by atoms with Crippen LogP contribution in [0.1, 0.15) is 31.0 Å². The molecule has 1 aromatic heterocycles. The number of carbonyl (C=O) groups excluding carboxylic acids is 1. The summed E-state index contributed by atoms with van der Waals surface area (Å²) in [6, 6.07) is 12.3. The van der Waals surface area contributed by atoms with E-state index in [0.29, 0.717) is 13.2 Å². The molecule has 0 bridgehead atoms. The Kier molecular flexibility index (Phi) is 5.89. The third kappa shape index (κ3) is 3.73. The fraction of sp³-hybridized carbons (Fsp3) is 0.429. The van der Waals surface area contributed by atoms with Gasteiger partial charge < -0.3 is 15.4 Å². The minimum atomic E-state index is -0.0544. The molecule has 1 saturated heterocycles. The van der Waals surface area contributed by atoms with E-state index in [9.17, 15) is 4.79 Å². The molecule has 138 valence electrons. The molecule has 5 heteroatoms. The number of para-hydroxylation sites is 1. The van der Waals surface area contributed by atoms with Crippen molar-refractivity contribution >= 4 is 6.41 Å². The molecule has 0 unspecified atom stereocenters. The van der Waals surface area contributed by atoms with Gasteiger partial charge in [-0.15, -0.1) is 0 Å². The molecule has 3 rings (SSSR count). The summed E-state index contributed by atoms with van der Waals surface area (Å²) in [6.45, 7) is 7.23. The first kappa shape index (κ1) is 18.4. The van der Waals surface area contributed by atoms with Crippen molar-refractivity contribution in [3.8, 4) is 17.0 Å². The van der Waals surface area contributed by atoms with Crippen molar-refractivity contribution in [1.29, 1.82) is 0 Å². The lowest BCUT2D eigenvalue weighted by Crippen LogP contribution is -2.46. The smallest absolute Gasteiger partial charge is 0.207 e. The van der Waals surface area contributed by atoms with Gasteiger partial charge in [0.25, 0.3) is 0 Å². The number of nitrogens with zero attached hydrogens (tertiary/aromatic N) is 1. The van der Waals surface area contributed by atoms with Gasteiger partial charge in [-0.1, -0.05) is 18.2 Å². The highest BCUT2D eigenvalue weighted by Gasteiger charge is 2.35. The van der Waals surface area contributed by atoms with Gasteiger partial charge in [0.05, 0.1) is 12.3 Å². The van der Waals surface area contributed by atoms with Crippen molar-refractivity contribution in [2.45, 2.75) is 32.1 Å². The van der Waals surface area contributed by atoms with Crippen LogP contribution < -0.4 is 15.4 Å². The second kappa shape index (κ2) is 8.32. The monoisotopic (exact) mass is 353 g/mol. The molecule has 26 heavy (non-hydrogen) atoms. The zero-order valence-electron chi connectivity index (χ0n) is 15.5. The van der Waals surface area contributed by atoms with Crippen LogP contribution in [-0.2, 0) is 10.2 Å². The number of aryl methyl sites for hydroxylation is 1. The van der Waals surface area contributed by atoms with E-state index < -0.39 is 0 Å². The van der Waals surface area contributed by atoms with Gasteiger partial charge in [-0.3, -0.25) is 9.78 Å². The summed E-state index contributed by atoms with van der Waals surface area (Å²) in [7, 11) is 0. The first-order valence-corrected chi connectivity index (χ1v) is 9.28. The Balaban J connectivity index is 1.97. The molecule has 0 spiro atoms. The highest BCUT2D eigenvalue weighted by molar-refractivity contribution is 5.67. The molecule has 2 heterocycles. The van der Waals surface area contributed by atoms with Gasteiger partial charge in [0.2, 0.25) is 6.41 Å². The first-order chi connectivity index (χ1) is 12.7. The zero-order chi connectivity index (χ0) is 18.4. The molecule has 5 nitrogen and oxygen atoms in total. The minimum Gasteiger partial charge on any atom is -0.493 e. The molecule has 0 saturated carbocycles. The van der Waals surface area contributed by atoms with E-state index in [1.54, 1.807) is 0 Å². The Morgan fingerprint density at radius 1 is 1.23 bits per heavy atom. The highest BCUT2D eigenvalue weighted by atomic mass is 16.5. The van der Waals surface area contributed by atoms with E-state index in [-0.39, 0.29) is 5.41 Å². The van der Waals surface area contributed by atoms with Crippen LogP contribution >= 0.6 is 0 Å². The summed E-state index contributed by atoms with van der Waals surface area (Å²) in [5, 5.41) is 6.31. The number of hydrogen-bond donors (Lipinski definition) is 2. The van der Waals surface area contributed by atoms with E-state index in [1.807, 2.05) is 31.2 Å². The number of piperidine rings is 1. The van der Waals surface area contributed by atoms with Crippen LogP contribution in [0.5, 0.6) is 5.75 Å². The van der Waals surface area contributed by atoms with Gasteiger partial charge in [-0.05, 0) is 63.5 Å². The largest absolute Gasteiger partial charge is 0.493 e. The standard InChI is InChI=1S/C21H27N3O2/c1-3-26-20-7-5-4-6-17(20)19-9-8-18(16(2)24-19)21(14-23-15-25)10-12-22-13-11-21/h4-9,15,22H,3,10-14H2,1-2H3,(H,23,25). The van der Waals surface area contributed by atoms with E-state index in [4.69, 9.17) is 9.72 Å². The number of aromatic nitrogens is 1. The average molecular weight is 353 g/mol. The molecular formula is C21H27N3O2. The normalized spacial score (nSPS) is 16.1. The Labute approximate surface area is 155 Å². The number of amides is 1. The fourth-order valence-corrected chi connectivity index (χ4v) is 3.91. The van der Waals surface area contributed by atoms with Crippen LogP contribution in [0.3, 0.4) is 0 Å². The SMILES string of the molecule is CCOc1ccccc1-c1ccc(C2(CNC=O)CCNCC2)c(C)n1. The molecule has 1 amide bonds. The maximum atomic E-state index is 10.9. The number of rotatable bonds is 7. The Hall–Kier alpha value is -2.40. The van der Waals surface area contributed by atoms with E-state index >= 15 is 0 Å². The van der Waals surface area contributed by atoms with Crippen LogP contribution in [0.25, 0.3) is 11.3 Å².